The Hall–Kier alpha value is -3.40. The van der Waals surface area contributed by atoms with Gasteiger partial charge in [-0.3, -0.25) is 4.79 Å². The lowest BCUT2D eigenvalue weighted by Crippen LogP contribution is -2.03. The van der Waals surface area contributed by atoms with Gasteiger partial charge in [-0.1, -0.05) is 42.5 Å². The molecule has 0 amide bonds. The minimum absolute atomic E-state index is 0.0812. The number of benzene rings is 2. The lowest BCUT2D eigenvalue weighted by Gasteiger charge is -2.02. The van der Waals surface area contributed by atoms with Crippen LogP contribution in [0, 0.1) is 0 Å². The van der Waals surface area contributed by atoms with E-state index in [0.717, 1.165) is 5.56 Å². The fraction of sp³-hybridized carbons (Fsp3) is 0.0909. The van der Waals surface area contributed by atoms with E-state index in [-0.39, 0.29) is 11.8 Å². The molecular formula is C22H18O4. The summed E-state index contributed by atoms with van der Waals surface area (Å²) in [4.78, 5) is 23.8. The standard InChI is InChI=1S/C22H18O4/c1-2-25-22(24)18-10-8-17(9-11-18)21-15-13-19(26-21)12-14-20(23)16-6-4-3-5-7-16/h3-15H,2H2,1H3. The zero-order valence-electron chi connectivity index (χ0n) is 14.3. The predicted octanol–water partition coefficient (Wildman–Crippen LogP) is 5.02. The molecule has 0 aliphatic heterocycles. The van der Waals surface area contributed by atoms with Gasteiger partial charge in [0.15, 0.2) is 5.78 Å². The normalized spacial score (nSPS) is 10.8. The highest BCUT2D eigenvalue weighted by Crippen LogP contribution is 2.23. The van der Waals surface area contributed by atoms with E-state index in [1.165, 1.54) is 6.08 Å². The van der Waals surface area contributed by atoms with Crippen LogP contribution in [-0.4, -0.2) is 18.4 Å². The summed E-state index contributed by atoms with van der Waals surface area (Å²) in [7, 11) is 0. The van der Waals surface area contributed by atoms with Crippen molar-refractivity contribution in [2.45, 2.75) is 6.92 Å². The Bertz CT molecular complexity index is 918. The number of allylic oxidation sites excluding steroid dienone is 1. The van der Waals surface area contributed by atoms with E-state index < -0.39 is 0 Å². The molecule has 0 unspecified atom stereocenters. The molecular weight excluding hydrogens is 328 g/mol. The number of rotatable bonds is 6. The Morgan fingerprint density at radius 2 is 1.65 bits per heavy atom. The van der Waals surface area contributed by atoms with Gasteiger partial charge in [0.25, 0.3) is 0 Å². The van der Waals surface area contributed by atoms with Crippen LogP contribution < -0.4 is 0 Å². The highest BCUT2D eigenvalue weighted by Gasteiger charge is 2.08. The van der Waals surface area contributed by atoms with Gasteiger partial charge in [-0.2, -0.15) is 0 Å². The second-order valence-electron chi connectivity index (χ2n) is 5.56. The van der Waals surface area contributed by atoms with E-state index >= 15 is 0 Å². The van der Waals surface area contributed by atoms with Crippen molar-refractivity contribution in [1.29, 1.82) is 0 Å². The van der Waals surface area contributed by atoms with Gasteiger partial charge in [0.2, 0.25) is 0 Å². The van der Waals surface area contributed by atoms with Gasteiger partial charge in [-0.05, 0) is 43.3 Å². The maximum atomic E-state index is 12.1. The lowest BCUT2D eigenvalue weighted by atomic mass is 10.1. The lowest BCUT2D eigenvalue weighted by molar-refractivity contribution is 0.0526. The van der Waals surface area contributed by atoms with Crippen molar-refractivity contribution in [2.75, 3.05) is 6.61 Å². The third kappa shape index (κ3) is 4.16. The third-order valence-electron chi connectivity index (χ3n) is 3.76. The van der Waals surface area contributed by atoms with Crippen molar-refractivity contribution in [3.8, 4) is 11.3 Å². The molecule has 4 nitrogen and oxygen atoms in total. The average molecular weight is 346 g/mol. The zero-order chi connectivity index (χ0) is 18.4. The average Bonchev–Trinajstić information content (AvgIpc) is 3.16. The summed E-state index contributed by atoms with van der Waals surface area (Å²) in [5.41, 5.74) is 1.97. The molecule has 0 N–H and O–H groups in total. The molecule has 1 aromatic heterocycles. The fourth-order valence-corrected chi connectivity index (χ4v) is 2.44. The molecule has 26 heavy (non-hydrogen) atoms. The Morgan fingerprint density at radius 1 is 0.923 bits per heavy atom. The van der Waals surface area contributed by atoms with Crippen molar-refractivity contribution < 1.29 is 18.7 Å². The Morgan fingerprint density at radius 3 is 2.35 bits per heavy atom. The maximum absolute atomic E-state index is 12.1. The molecule has 4 heteroatoms. The maximum Gasteiger partial charge on any atom is 0.338 e. The fourth-order valence-electron chi connectivity index (χ4n) is 2.44. The highest BCUT2D eigenvalue weighted by atomic mass is 16.5. The van der Waals surface area contributed by atoms with Gasteiger partial charge in [0.1, 0.15) is 11.5 Å². The Balaban J connectivity index is 1.70. The van der Waals surface area contributed by atoms with E-state index in [2.05, 4.69) is 0 Å². The van der Waals surface area contributed by atoms with E-state index in [9.17, 15) is 9.59 Å². The van der Waals surface area contributed by atoms with Crippen molar-refractivity contribution in [3.05, 3.63) is 89.7 Å². The number of ether oxygens (including phenoxy) is 1. The number of ketones is 1. The van der Waals surface area contributed by atoms with E-state index in [1.54, 1.807) is 55.5 Å². The molecule has 3 rings (SSSR count). The molecule has 0 aliphatic carbocycles. The van der Waals surface area contributed by atoms with Gasteiger partial charge in [0.05, 0.1) is 12.2 Å². The quantitative estimate of drug-likeness (QED) is 0.357. The molecule has 0 bridgehead atoms. The molecule has 130 valence electrons. The second-order valence-corrected chi connectivity index (χ2v) is 5.56. The first-order valence-corrected chi connectivity index (χ1v) is 8.32. The monoisotopic (exact) mass is 346 g/mol. The highest BCUT2D eigenvalue weighted by molar-refractivity contribution is 6.06. The number of hydrogen-bond acceptors (Lipinski definition) is 4. The zero-order valence-corrected chi connectivity index (χ0v) is 14.3. The summed E-state index contributed by atoms with van der Waals surface area (Å²) in [6.45, 7) is 2.11. The summed E-state index contributed by atoms with van der Waals surface area (Å²) in [6.07, 6.45) is 3.13. The van der Waals surface area contributed by atoms with Gasteiger partial charge in [-0.25, -0.2) is 4.79 Å². The van der Waals surface area contributed by atoms with Crippen LogP contribution in [0.2, 0.25) is 0 Å². The van der Waals surface area contributed by atoms with Gasteiger partial charge in [0, 0.05) is 11.1 Å². The first kappa shape index (κ1) is 17.4. The van der Waals surface area contributed by atoms with Crippen molar-refractivity contribution >= 4 is 17.8 Å². The summed E-state index contributed by atoms with van der Waals surface area (Å²) in [5.74, 6) is 0.815. The molecule has 0 aliphatic rings. The largest absolute Gasteiger partial charge is 0.462 e. The predicted molar refractivity (Wildman–Crippen MR) is 99.9 cm³/mol. The van der Waals surface area contributed by atoms with Crippen LogP contribution in [0.15, 0.2) is 77.2 Å². The smallest absolute Gasteiger partial charge is 0.338 e. The number of carbonyl (C=O) groups excluding carboxylic acids is 2. The minimum Gasteiger partial charge on any atom is -0.462 e. The number of esters is 1. The second kappa shape index (κ2) is 8.12. The summed E-state index contributed by atoms with van der Waals surface area (Å²) < 4.78 is 10.7. The minimum atomic E-state index is -0.346. The van der Waals surface area contributed by atoms with E-state index in [0.29, 0.717) is 29.3 Å². The van der Waals surface area contributed by atoms with Crippen molar-refractivity contribution in [1.82, 2.24) is 0 Å². The Labute approximate surface area is 151 Å². The van der Waals surface area contributed by atoms with Gasteiger partial charge in [-0.15, -0.1) is 0 Å². The molecule has 1 heterocycles. The molecule has 0 radical (unpaired) electrons. The molecule has 0 saturated carbocycles. The number of hydrogen-bond donors (Lipinski definition) is 0. The van der Waals surface area contributed by atoms with Crippen LogP contribution in [0.1, 0.15) is 33.4 Å². The topological polar surface area (TPSA) is 56.5 Å². The molecule has 3 aromatic rings. The van der Waals surface area contributed by atoms with Crippen LogP contribution in [0.25, 0.3) is 17.4 Å². The van der Waals surface area contributed by atoms with E-state index in [4.69, 9.17) is 9.15 Å². The van der Waals surface area contributed by atoms with Crippen molar-refractivity contribution in [2.24, 2.45) is 0 Å². The number of furan rings is 1. The first-order chi connectivity index (χ1) is 12.7. The summed E-state index contributed by atoms with van der Waals surface area (Å²) in [6, 6.07) is 19.7. The van der Waals surface area contributed by atoms with Crippen LogP contribution in [-0.2, 0) is 4.74 Å². The molecule has 2 aromatic carbocycles. The van der Waals surface area contributed by atoms with Crippen molar-refractivity contribution in [3.63, 3.8) is 0 Å². The van der Waals surface area contributed by atoms with Gasteiger partial charge < -0.3 is 9.15 Å². The summed E-state index contributed by atoms with van der Waals surface area (Å²) >= 11 is 0. The summed E-state index contributed by atoms with van der Waals surface area (Å²) in [5, 5.41) is 0. The first-order valence-electron chi connectivity index (χ1n) is 8.32. The van der Waals surface area contributed by atoms with Crippen LogP contribution in [0.4, 0.5) is 0 Å². The molecule has 0 fully saturated rings. The number of carbonyl (C=O) groups is 2. The molecule has 0 saturated heterocycles. The Kier molecular flexibility index (Phi) is 5.44. The third-order valence-corrected chi connectivity index (χ3v) is 3.76. The van der Waals surface area contributed by atoms with Crippen LogP contribution in [0.3, 0.4) is 0 Å². The van der Waals surface area contributed by atoms with Gasteiger partial charge >= 0.3 is 5.97 Å². The SMILES string of the molecule is CCOC(=O)c1ccc(-c2ccc(C=CC(=O)c3ccccc3)o2)cc1. The molecule has 0 atom stereocenters. The van der Waals surface area contributed by atoms with E-state index in [1.807, 2.05) is 24.3 Å². The molecule has 0 spiro atoms. The van der Waals surface area contributed by atoms with Crippen LogP contribution >= 0.6 is 0 Å². The van der Waals surface area contributed by atoms with Crippen LogP contribution in [0.5, 0.6) is 0 Å².